The number of carbonyl (C=O) groups is 1. The Morgan fingerprint density at radius 1 is 1.37 bits per heavy atom. The Kier molecular flexibility index (Phi) is 5.40. The zero-order valence-corrected chi connectivity index (χ0v) is 11.8. The van der Waals surface area contributed by atoms with Crippen molar-refractivity contribution in [2.75, 3.05) is 19.8 Å². The van der Waals surface area contributed by atoms with E-state index in [4.69, 9.17) is 14.2 Å². The molecule has 4 heteroatoms. The van der Waals surface area contributed by atoms with Crippen LogP contribution in [0.3, 0.4) is 0 Å². The summed E-state index contributed by atoms with van der Waals surface area (Å²) in [7, 11) is 0. The fraction of sp³-hybridized carbons (Fsp3) is 0.800. The molecule has 1 saturated heterocycles. The topological polar surface area (TPSA) is 44.8 Å². The predicted molar refractivity (Wildman–Crippen MR) is 71.7 cm³/mol. The van der Waals surface area contributed by atoms with Gasteiger partial charge < -0.3 is 14.2 Å². The molecule has 0 atom stereocenters. The van der Waals surface area contributed by atoms with E-state index in [1.165, 1.54) is 5.57 Å². The van der Waals surface area contributed by atoms with Gasteiger partial charge >= 0.3 is 5.97 Å². The highest BCUT2D eigenvalue weighted by molar-refractivity contribution is 5.69. The number of carbonyl (C=O) groups excluding carboxylic acids is 1. The fourth-order valence-corrected chi connectivity index (χ4v) is 2.70. The van der Waals surface area contributed by atoms with Crippen LogP contribution < -0.4 is 0 Å². The zero-order valence-electron chi connectivity index (χ0n) is 11.8. The van der Waals surface area contributed by atoms with E-state index < -0.39 is 0 Å². The second-order valence-corrected chi connectivity index (χ2v) is 5.19. The number of hydrogen-bond donors (Lipinski definition) is 0. The number of esters is 1. The first-order valence-corrected chi connectivity index (χ1v) is 7.35. The van der Waals surface area contributed by atoms with Crippen LogP contribution in [0.2, 0.25) is 0 Å². The first-order valence-electron chi connectivity index (χ1n) is 7.35. The van der Waals surface area contributed by atoms with Gasteiger partial charge in [-0.25, -0.2) is 0 Å². The van der Waals surface area contributed by atoms with E-state index in [1.54, 1.807) is 0 Å². The van der Waals surface area contributed by atoms with Crippen LogP contribution in [0, 0.1) is 0 Å². The van der Waals surface area contributed by atoms with E-state index in [0.29, 0.717) is 13.0 Å². The van der Waals surface area contributed by atoms with Crippen molar-refractivity contribution in [1.82, 2.24) is 0 Å². The Morgan fingerprint density at radius 3 is 2.79 bits per heavy atom. The van der Waals surface area contributed by atoms with Crippen molar-refractivity contribution in [1.29, 1.82) is 0 Å². The zero-order chi connectivity index (χ0) is 13.6. The Labute approximate surface area is 115 Å². The van der Waals surface area contributed by atoms with Crippen LogP contribution in [0.4, 0.5) is 0 Å². The average molecular weight is 268 g/mol. The standard InChI is InChI=1S/C15H24O4/c1-2-17-14(16)6-4-3-5-13-7-9-15(10-8-13)18-11-12-19-15/h7H,2-6,8-12H2,1H3. The summed E-state index contributed by atoms with van der Waals surface area (Å²) in [4.78, 5) is 11.2. The van der Waals surface area contributed by atoms with Gasteiger partial charge in [0, 0.05) is 19.3 Å². The highest BCUT2D eigenvalue weighted by Gasteiger charge is 2.37. The summed E-state index contributed by atoms with van der Waals surface area (Å²) in [5.74, 6) is -0.388. The lowest BCUT2D eigenvalue weighted by Gasteiger charge is -2.30. The molecule has 0 amide bonds. The van der Waals surface area contributed by atoms with E-state index in [2.05, 4.69) is 6.08 Å². The number of ether oxygens (including phenoxy) is 3. The van der Waals surface area contributed by atoms with Crippen molar-refractivity contribution >= 4 is 5.97 Å². The molecule has 2 aliphatic rings. The molecule has 0 bridgehead atoms. The van der Waals surface area contributed by atoms with Crippen LogP contribution >= 0.6 is 0 Å². The van der Waals surface area contributed by atoms with Crippen molar-refractivity contribution in [3.05, 3.63) is 11.6 Å². The molecule has 1 aliphatic carbocycles. The van der Waals surface area contributed by atoms with Crippen molar-refractivity contribution in [3.8, 4) is 0 Å². The van der Waals surface area contributed by atoms with Crippen molar-refractivity contribution in [3.63, 3.8) is 0 Å². The van der Waals surface area contributed by atoms with E-state index in [-0.39, 0.29) is 11.8 Å². The van der Waals surface area contributed by atoms with Gasteiger partial charge in [-0.05, 0) is 32.6 Å². The van der Waals surface area contributed by atoms with Gasteiger partial charge in [0.05, 0.1) is 19.8 Å². The van der Waals surface area contributed by atoms with Gasteiger partial charge in [0.15, 0.2) is 5.79 Å². The molecule has 1 fully saturated rings. The average Bonchev–Trinajstić information content (AvgIpc) is 2.86. The third kappa shape index (κ3) is 4.32. The van der Waals surface area contributed by atoms with Gasteiger partial charge in [0.1, 0.15) is 0 Å². The Morgan fingerprint density at radius 2 is 2.16 bits per heavy atom. The SMILES string of the molecule is CCOC(=O)CCCCC1=CCC2(CC1)OCCO2. The molecule has 2 rings (SSSR count). The molecule has 0 aromatic heterocycles. The van der Waals surface area contributed by atoms with E-state index >= 15 is 0 Å². The molecule has 19 heavy (non-hydrogen) atoms. The largest absolute Gasteiger partial charge is 0.466 e. The minimum atomic E-state index is -0.311. The summed E-state index contributed by atoms with van der Waals surface area (Å²) in [5, 5.41) is 0. The lowest BCUT2D eigenvalue weighted by molar-refractivity contribution is -0.161. The summed E-state index contributed by atoms with van der Waals surface area (Å²) in [6, 6.07) is 0. The second kappa shape index (κ2) is 7.06. The molecular weight excluding hydrogens is 244 g/mol. The summed E-state index contributed by atoms with van der Waals surface area (Å²) < 4.78 is 16.3. The van der Waals surface area contributed by atoms with Crippen molar-refractivity contribution in [2.45, 2.75) is 57.7 Å². The maximum absolute atomic E-state index is 11.2. The summed E-state index contributed by atoms with van der Waals surface area (Å²) >= 11 is 0. The lowest BCUT2D eigenvalue weighted by Crippen LogP contribution is -2.31. The van der Waals surface area contributed by atoms with Crippen molar-refractivity contribution in [2.24, 2.45) is 0 Å². The van der Waals surface area contributed by atoms with Crippen LogP contribution in [0.1, 0.15) is 51.9 Å². The molecule has 0 unspecified atom stereocenters. The minimum Gasteiger partial charge on any atom is -0.466 e. The lowest BCUT2D eigenvalue weighted by atomic mass is 9.91. The van der Waals surface area contributed by atoms with Gasteiger partial charge in [0.2, 0.25) is 0 Å². The smallest absolute Gasteiger partial charge is 0.305 e. The molecular formula is C15H24O4. The molecule has 0 aromatic rings. The summed E-state index contributed by atoms with van der Waals surface area (Å²) in [5.41, 5.74) is 1.48. The first-order chi connectivity index (χ1) is 9.24. The van der Waals surface area contributed by atoms with Crippen LogP contribution in [-0.4, -0.2) is 31.6 Å². The Hall–Kier alpha value is -0.870. The number of rotatable bonds is 6. The molecule has 1 aliphatic heterocycles. The molecule has 4 nitrogen and oxygen atoms in total. The highest BCUT2D eigenvalue weighted by atomic mass is 16.7. The van der Waals surface area contributed by atoms with Crippen molar-refractivity contribution < 1.29 is 19.0 Å². The first kappa shape index (κ1) is 14.5. The van der Waals surface area contributed by atoms with E-state index in [9.17, 15) is 4.79 Å². The van der Waals surface area contributed by atoms with E-state index in [1.807, 2.05) is 6.92 Å². The van der Waals surface area contributed by atoms with Gasteiger partial charge in [0.25, 0.3) is 0 Å². The summed E-state index contributed by atoms with van der Waals surface area (Å²) in [6.45, 7) is 3.77. The van der Waals surface area contributed by atoms with Gasteiger partial charge in [-0.1, -0.05) is 11.6 Å². The van der Waals surface area contributed by atoms with Gasteiger partial charge in [-0.15, -0.1) is 0 Å². The minimum absolute atomic E-state index is 0.0770. The molecule has 1 spiro atoms. The van der Waals surface area contributed by atoms with Gasteiger partial charge in [-0.2, -0.15) is 0 Å². The second-order valence-electron chi connectivity index (χ2n) is 5.19. The van der Waals surface area contributed by atoms with Crippen LogP contribution in [0.25, 0.3) is 0 Å². The third-order valence-electron chi connectivity index (χ3n) is 3.78. The van der Waals surface area contributed by atoms with Crippen LogP contribution in [-0.2, 0) is 19.0 Å². The predicted octanol–water partition coefficient (Wildman–Crippen LogP) is 2.96. The molecule has 1 heterocycles. The fourth-order valence-electron chi connectivity index (χ4n) is 2.70. The van der Waals surface area contributed by atoms with E-state index in [0.717, 1.165) is 51.7 Å². The molecule has 0 radical (unpaired) electrons. The highest BCUT2D eigenvalue weighted by Crippen LogP contribution is 2.36. The van der Waals surface area contributed by atoms with Crippen LogP contribution in [0.5, 0.6) is 0 Å². The monoisotopic (exact) mass is 268 g/mol. The molecule has 0 aromatic carbocycles. The Bertz CT molecular complexity index is 329. The third-order valence-corrected chi connectivity index (χ3v) is 3.78. The number of unbranched alkanes of at least 4 members (excludes halogenated alkanes) is 1. The maximum atomic E-state index is 11.2. The molecule has 0 saturated carbocycles. The number of allylic oxidation sites excluding steroid dienone is 1. The molecule has 0 N–H and O–H groups in total. The normalized spacial score (nSPS) is 21.4. The maximum Gasteiger partial charge on any atom is 0.305 e. The van der Waals surface area contributed by atoms with Crippen LogP contribution in [0.15, 0.2) is 11.6 Å². The molecule has 108 valence electrons. The van der Waals surface area contributed by atoms with Gasteiger partial charge in [-0.3, -0.25) is 4.79 Å². The number of hydrogen-bond acceptors (Lipinski definition) is 4. The Balaban J connectivity index is 1.62. The summed E-state index contributed by atoms with van der Waals surface area (Å²) in [6.07, 6.45) is 8.75. The quantitative estimate of drug-likeness (QED) is 0.422.